The third-order valence-electron chi connectivity index (χ3n) is 3.15. The van der Waals surface area contributed by atoms with Gasteiger partial charge in [0.05, 0.1) is 25.0 Å². The maximum absolute atomic E-state index is 11.9. The Hall–Kier alpha value is -2.02. The molecule has 0 N–H and O–H groups in total. The largest absolute Gasteiger partial charge is 0.484 e. The van der Waals surface area contributed by atoms with Crippen molar-refractivity contribution in [3.63, 3.8) is 0 Å². The van der Waals surface area contributed by atoms with E-state index in [0.29, 0.717) is 18.0 Å². The van der Waals surface area contributed by atoms with Crippen molar-refractivity contribution in [2.75, 3.05) is 17.1 Å². The third kappa shape index (κ3) is 2.49. The van der Waals surface area contributed by atoms with Crippen LogP contribution in [0.2, 0.25) is 0 Å². The lowest BCUT2D eigenvalue weighted by Crippen LogP contribution is -2.44. The molecule has 3 rings (SSSR count). The van der Waals surface area contributed by atoms with Crippen LogP contribution in [0.15, 0.2) is 42.7 Å². The lowest BCUT2D eigenvalue weighted by Gasteiger charge is -2.34. The minimum Gasteiger partial charge on any atom is -0.484 e. The van der Waals surface area contributed by atoms with Gasteiger partial charge in [-0.1, -0.05) is 12.1 Å². The summed E-state index contributed by atoms with van der Waals surface area (Å²) in [5, 5.41) is 4.12. The Labute approximate surface area is 117 Å². The van der Waals surface area contributed by atoms with Crippen molar-refractivity contribution in [1.29, 1.82) is 0 Å². The van der Waals surface area contributed by atoms with Crippen LogP contribution in [0.1, 0.15) is 0 Å². The zero-order valence-corrected chi connectivity index (χ0v) is 11.8. The number of rotatable bonds is 3. The van der Waals surface area contributed by atoms with E-state index in [2.05, 4.69) is 5.10 Å². The van der Waals surface area contributed by atoms with E-state index in [1.54, 1.807) is 29.1 Å². The molecule has 1 atom stereocenters. The topological polar surface area (TPSA) is 64.4 Å². The van der Waals surface area contributed by atoms with Crippen LogP contribution >= 0.6 is 0 Å². The molecule has 7 heteroatoms. The van der Waals surface area contributed by atoms with E-state index in [0.717, 1.165) is 0 Å². The monoisotopic (exact) mass is 293 g/mol. The van der Waals surface area contributed by atoms with Crippen molar-refractivity contribution < 1.29 is 13.2 Å². The number of hydrogen-bond acceptors (Lipinski definition) is 4. The van der Waals surface area contributed by atoms with Crippen LogP contribution in [-0.2, 0) is 16.6 Å². The number of aromatic nitrogens is 2. The van der Waals surface area contributed by atoms with Crippen LogP contribution in [-0.4, -0.2) is 37.1 Å². The molecular formula is C13H15N3O3S. The first-order valence-electron chi connectivity index (χ1n) is 6.25. The van der Waals surface area contributed by atoms with E-state index in [1.807, 2.05) is 18.3 Å². The van der Waals surface area contributed by atoms with Gasteiger partial charge < -0.3 is 4.74 Å². The summed E-state index contributed by atoms with van der Waals surface area (Å²) in [4.78, 5) is 0. The number of anilines is 1. The molecule has 0 saturated heterocycles. The van der Waals surface area contributed by atoms with Crippen LogP contribution in [0, 0.1) is 0 Å². The molecular weight excluding hydrogens is 278 g/mol. The van der Waals surface area contributed by atoms with E-state index in [1.165, 1.54) is 10.6 Å². The number of sulfonamides is 1. The predicted octanol–water partition coefficient (Wildman–Crippen LogP) is 1.11. The molecule has 20 heavy (non-hydrogen) atoms. The summed E-state index contributed by atoms with van der Waals surface area (Å²) in [7, 11) is -3.33. The summed E-state index contributed by atoms with van der Waals surface area (Å²) in [5.74, 6) is 0.585. The quantitative estimate of drug-likeness (QED) is 0.850. The van der Waals surface area contributed by atoms with Crippen molar-refractivity contribution in [2.24, 2.45) is 0 Å². The first kappa shape index (κ1) is 13.0. The molecule has 6 nitrogen and oxygen atoms in total. The molecule has 1 aromatic carbocycles. The highest BCUT2D eigenvalue weighted by Gasteiger charge is 2.31. The van der Waals surface area contributed by atoms with Crippen molar-refractivity contribution in [1.82, 2.24) is 9.78 Å². The maximum atomic E-state index is 11.9. The normalized spacial score (nSPS) is 18.4. The lowest BCUT2D eigenvalue weighted by atomic mass is 10.2. The molecule has 0 bridgehead atoms. The van der Waals surface area contributed by atoms with Crippen LogP contribution < -0.4 is 9.04 Å². The SMILES string of the molecule is CS(=O)(=O)N1C[C@H](Cn2cccn2)Oc2ccccc21. The molecule has 0 spiro atoms. The Kier molecular flexibility index (Phi) is 3.13. The van der Waals surface area contributed by atoms with Gasteiger partial charge in [0.2, 0.25) is 10.0 Å². The Morgan fingerprint density at radius 2 is 2.15 bits per heavy atom. The highest BCUT2D eigenvalue weighted by atomic mass is 32.2. The van der Waals surface area contributed by atoms with E-state index >= 15 is 0 Å². The Morgan fingerprint density at radius 3 is 2.85 bits per heavy atom. The molecule has 2 heterocycles. The highest BCUT2D eigenvalue weighted by molar-refractivity contribution is 7.92. The molecule has 1 aliphatic rings. The minimum absolute atomic E-state index is 0.264. The molecule has 0 radical (unpaired) electrons. The second-order valence-electron chi connectivity index (χ2n) is 4.73. The fourth-order valence-electron chi connectivity index (χ4n) is 2.29. The summed E-state index contributed by atoms with van der Waals surface area (Å²) in [6.45, 7) is 0.795. The van der Waals surface area contributed by atoms with Gasteiger partial charge in [0.25, 0.3) is 0 Å². The van der Waals surface area contributed by atoms with Gasteiger partial charge in [0.1, 0.15) is 11.9 Å². The third-order valence-corrected chi connectivity index (χ3v) is 4.29. The van der Waals surface area contributed by atoms with Gasteiger partial charge in [-0.15, -0.1) is 0 Å². The van der Waals surface area contributed by atoms with Crippen LogP contribution in [0.3, 0.4) is 0 Å². The summed E-state index contributed by atoms with van der Waals surface area (Å²) in [6, 6.07) is 8.98. The molecule has 106 valence electrons. The van der Waals surface area contributed by atoms with E-state index in [9.17, 15) is 8.42 Å². The average molecular weight is 293 g/mol. The summed E-state index contributed by atoms with van der Waals surface area (Å²) < 4.78 is 32.9. The molecule has 0 unspecified atom stereocenters. The fraction of sp³-hybridized carbons (Fsp3) is 0.308. The van der Waals surface area contributed by atoms with E-state index in [4.69, 9.17) is 4.74 Å². The van der Waals surface area contributed by atoms with Gasteiger partial charge in [-0.05, 0) is 18.2 Å². The van der Waals surface area contributed by atoms with Crippen LogP contribution in [0.5, 0.6) is 5.75 Å². The molecule has 0 amide bonds. The van der Waals surface area contributed by atoms with Crippen molar-refractivity contribution in [3.05, 3.63) is 42.7 Å². The minimum atomic E-state index is -3.33. The summed E-state index contributed by atoms with van der Waals surface area (Å²) >= 11 is 0. The zero-order valence-electron chi connectivity index (χ0n) is 11.0. The van der Waals surface area contributed by atoms with Gasteiger partial charge in [-0.25, -0.2) is 8.42 Å². The molecule has 0 saturated carbocycles. The smallest absolute Gasteiger partial charge is 0.232 e. The van der Waals surface area contributed by atoms with Crippen molar-refractivity contribution in [3.8, 4) is 5.75 Å². The average Bonchev–Trinajstić information content (AvgIpc) is 2.89. The highest BCUT2D eigenvalue weighted by Crippen LogP contribution is 2.34. The number of ether oxygens (including phenoxy) is 1. The van der Waals surface area contributed by atoms with E-state index < -0.39 is 10.0 Å². The summed E-state index contributed by atoms with van der Waals surface area (Å²) in [5.41, 5.74) is 0.590. The molecule has 1 aromatic heterocycles. The van der Waals surface area contributed by atoms with Gasteiger partial charge in [0.15, 0.2) is 0 Å². The first-order valence-corrected chi connectivity index (χ1v) is 8.10. The Morgan fingerprint density at radius 1 is 1.35 bits per heavy atom. The summed E-state index contributed by atoms with van der Waals surface area (Å²) in [6.07, 6.45) is 4.46. The predicted molar refractivity (Wildman–Crippen MR) is 75.3 cm³/mol. The number of para-hydroxylation sites is 2. The molecule has 0 fully saturated rings. The second-order valence-corrected chi connectivity index (χ2v) is 6.64. The molecule has 0 aliphatic carbocycles. The van der Waals surface area contributed by atoms with Gasteiger partial charge in [-0.2, -0.15) is 5.10 Å². The Balaban J connectivity index is 1.92. The lowest BCUT2D eigenvalue weighted by molar-refractivity contribution is 0.174. The van der Waals surface area contributed by atoms with E-state index in [-0.39, 0.29) is 12.6 Å². The van der Waals surface area contributed by atoms with Gasteiger partial charge >= 0.3 is 0 Å². The fourth-order valence-corrected chi connectivity index (χ4v) is 3.23. The molecule has 2 aromatic rings. The maximum Gasteiger partial charge on any atom is 0.232 e. The second kappa shape index (κ2) is 4.82. The van der Waals surface area contributed by atoms with Gasteiger partial charge in [0, 0.05) is 12.4 Å². The van der Waals surface area contributed by atoms with Crippen LogP contribution in [0.25, 0.3) is 0 Å². The number of nitrogens with zero attached hydrogens (tertiary/aromatic N) is 3. The van der Waals surface area contributed by atoms with Crippen molar-refractivity contribution >= 4 is 15.7 Å². The number of hydrogen-bond donors (Lipinski definition) is 0. The molecule has 1 aliphatic heterocycles. The Bertz CT molecular complexity index is 697. The number of benzene rings is 1. The zero-order chi connectivity index (χ0) is 14.2. The number of fused-ring (bicyclic) bond motifs is 1. The van der Waals surface area contributed by atoms with Crippen LogP contribution in [0.4, 0.5) is 5.69 Å². The standard InChI is InChI=1S/C13H15N3O3S/c1-20(17,18)16-10-11(9-15-8-4-7-14-15)19-13-6-3-2-5-12(13)16/h2-8,11H,9-10H2,1H3/t11-/m0/s1. The van der Waals surface area contributed by atoms with Crippen molar-refractivity contribution in [2.45, 2.75) is 12.6 Å². The first-order chi connectivity index (χ1) is 9.54. The van der Waals surface area contributed by atoms with Gasteiger partial charge in [-0.3, -0.25) is 8.99 Å².